The Kier molecular flexibility index (Phi) is 8.42. The van der Waals surface area contributed by atoms with Crippen LogP contribution >= 0.6 is 34.7 Å². The van der Waals surface area contributed by atoms with Gasteiger partial charge in [-0.1, -0.05) is 65.8 Å². The first kappa shape index (κ1) is 26.2. The summed E-state index contributed by atoms with van der Waals surface area (Å²) >= 11 is 8.88. The number of nitrogens with zero attached hydrogens (tertiary/aromatic N) is 5. The monoisotopic (exact) mass is 545 g/mol. The third kappa shape index (κ3) is 5.92. The number of carbonyl (C=O) groups is 1. The number of hydrogen-bond acceptors (Lipinski definition) is 9. The van der Waals surface area contributed by atoms with E-state index in [9.17, 15) is 15.3 Å². The van der Waals surface area contributed by atoms with Gasteiger partial charge in [0.05, 0.1) is 18.4 Å². The van der Waals surface area contributed by atoms with Crippen LogP contribution in [0.3, 0.4) is 0 Å². The number of halogens is 1. The molecule has 37 heavy (non-hydrogen) atoms. The van der Waals surface area contributed by atoms with Gasteiger partial charge >= 0.3 is 5.97 Å². The molecule has 0 amide bonds. The van der Waals surface area contributed by atoms with Crippen LogP contribution in [-0.4, -0.2) is 36.6 Å². The van der Waals surface area contributed by atoms with E-state index >= 15 is 0 Å². The highest BCUT2D eigenvalue weighted by Gasteiger charge is 2.24. The summed E-state index contributed by atoms with van der Waals surface area (Å²) < 4.78 is 4.79. The van der Waals surface area contributed by atoms with Gasteiger partial charge in [0.1, 0.15) is 40.1 Å². The topological polar surface area (TPSA) is 103 Å². The van der Waals surface area contributed by atoms with Gasteiger partial charge in [-0.2, -0.15) is 10.5 Å². The number of carbonyl (C=O) groups excluding carboxylic acids is 1. The molecular formula is C27H20ClN5O2S2. The zero-order valence-corrected chi connectivity index (χ0v) is 22.3. The van der Waals surface area contributed by atoms with Gasteiger partial charge in [-0.15, -0.1) is 11.3 Å². The molecule has 10 heteroatoms. The van der Waals surface area contributed by atoms with E-state index in [1.165, 1.54) is 30.2 Å². The molecule has 4 aromatic rings. The number of thiazole rings is 1. The van der Waals surface area contributed by atoms with E-state index in [-0.39, 0.29) is 12.1 Å². The van der Waals surface area contributed by atoms with Crippen LogP contribution in [0.4, 0.5) is 5.82 Å². The minimum Gasteiger partial charge on any atom is -0.468 e. The van der Waals surface area contributed by atoms with E-state index in [1.807, 2.05) is 60.0 Å². The molecule has 0 radical (unpaired) electrons. The average Bonchev–Trinajstić information content (AvgIpc) is 3.40. The summed E-state index contributed by atoms with van der Waals surface area (Å²) in [6, 6.07) is 21.2. The van der Waals surface area contributed by atoms with Crippen molar-refractivity contribution in [3.05, 3.63) is 81.8 Å². The number of hydrogen-bond donors (Lipinski definition) is 0. The third-order valence-corrected chi connectivity index (χ3v) is 7.59. The Morgan fingerprint density at radius 3 is 2.41 bits per heavy atom. The number of rotatable bonds is 8. The zero-order valence-electron chi connectivity index (χ0n) is 19.9. The molecule has 0 saturated carbocycles. The Morgan fingerprint density at radius 1 is 1.05 bits per heavy atom. The molecule has 2 heterocycles. The second-order valence-electron chi connectivity index (χ2n) is 7.83. The fraction of sp³-hybridized carbons (Fsp3) is 0.148. The summed E-state index contributed by atoms with van der Waals surface area (Å²) in [4.78, 5) is 22.9. The Labute approximate surface area is 227 Å². The molecule has 0 saturated heterocycles. The molecule has 184 valence electrons. The minimum absolute atomic E-state index is 0.0983. The van der Waals surface area contributed by atoms with Gasteiger partial charge in [0.15, 0.2) is 0 Å². The number of nitriles is 2. The molecule has 0 spiro atoms. The van der Waals surface area contributed by atoms with Crippen LogP contribution in [0, 0.1) is 22.7 Å². The summed E-state index contributed by atoms with van der Waals surface area (Å²) in [5.74, 6) is 0.296. The first-order chi connectivity index (χ1) is 17.9. The lowest BCUT2D eigenvalue weighted by Gasteiger charge is -2.21. The first-order valence-corrected chi connectivity index (χ1v) is 13.2. The molecular weight excluding hydrogens is 526 g/mol. The van der Waals surface area contributed by atoms with Crippen LogP contribution in [0.25, 0.3) is 21.7 Å². The van der Waals surface area contributed by atoms with Crippen LogP contribution < -0.4 is 4.90 Å². The molecule has 0 fully saturated rings. The van der Waals surface area contributed by atoms with Crippen LogP contribution in [0.15, 0.2) is 65.0 Å². The van der Waals surface area contributed by atoms with Crippen LogP contribution in [-0.2, 0) is 15.3 Å². The lowest BCUT2D eigenvalue weighted by atomic mass is 9.96. The Hall–Kier alpha value is -3.89. The minimum atomic E-state index is -0.467. The SMILES string of the molecule is COC(=O)CN(C)c1nc(SCc2csc(-c3ccc(Cl)cc3)n2)c(C#N)c(-c2ccccc2)c1C#N. The van der Waals surface area contributed by atoms with Gasteiger partial charge in [-0.3, -0.25) is 4.79 Å². The maximum atomic E-state index is 12.0. The molecule has 0 aliphatic carbocycles. The smallest absolute Gasteiger partial charge is 0.325 e. The van der Waals surface area contributed by atoms with Gasteiger partial charge < -0.3 is 9.64 Å². The molecule has 7 nitrogen and oxygen atoms in total. The van der Waals surface area contributed by atoms with Crippen molar-refractivity contribution in [2.45, 2.75) is 10.8 Å². The standard InChI is InChI=1S/C27H20ClN5O2S2/c1-33(14-23(34)35-2)25-21(12-29)24(17-6-4-3-5-7-17)22(13-30)27(32-25)37-16-20-15-36-26(31-20)18-8-10-19(28)11-9-18/h3-11,15H,14,16H2,1-2H3. The molecule has 0 aliphatic heterocycles. The van der Waals surface area contributed by atoms with Crippen molar-refractivity contribution in [3.8, 4) is 33.8 Å². The summed E-state index contributed by atoms with van der Waals surface area (Å²) in [6.45, 7) is -0.0983. The predicted molar refractivity (Wildman–Crippen MR) is 147 cm³/mol. The van der Waals surface area contributed by atoms with Crippen molar-refractivity contribution in [2.24, 2.45) is 0 Å². The van der Waals surface area contributed by atoms with Crippen LogP contribution in [0.1, 0.15) is 16.8 Å². The van der Waals surface area contributed by atoms with Crippen molar-refractivity contribution >= 4 is 46.5 Å². The van der Waals surface area contributed by atoms with Gasteiger partial charge in [0.25, 0.3) is 0 Å². The second kappa shape index (κ2) is 11.9. The zero-order chi connectivity index (χ0) is 26.4. The largest absolute Gasteiger partial charge is 0.468 e. The number of anilines is 1. The predicted octanol–water partition coefficient (Wildman–Crippen LogP) is 6.17. The first-order valence-electron chi connectivity index (χ1n) is 11.0. The highest BCUT2D eigenvalue weighted by atomic mass is 35.5. The fourth-order valence-electron chi connectivity index (χ4n) is 3.61. The van der Waals surface area contributed by atoms with Crippen molar-refractivity contribution in [1.29, 1.82) is 10.5 Å². The molecule has 2 aromatic carbocycles. The number of pyridine rings is 1. The van der Waals surface area contributed by atoms with Crippen molar-refractivity contribution in [1.82, 2.24) is 9.97 Å². The summed E-state index contributed by atoms with van der Waals surface area (Å²) in [7, 11) is 2.96. The molecule has 0 bridgehead atoms. The molecule has 0 unspecified atom stereocenters. The van der Waals surface area contributed by atoms with Gasteiger partial charge in [0, 0.05) is 34.3 Å². The molecule has 4 rings (SSSR count). The number of thioether (sulfide) groups is 1. The summed E-state index contributed by atoms with van der Waals surface area (Å²) in [5, 5.41) is 24.2. The number of likely N-dealkylation sites (N-methyl/N-ethyl adjacent to an activating group) is 1. The van der Waals surface area contributed by atoms with Crippen LogP contribution in [0.5, 0.6) is 0 Å². The van der Waals surface area contributed by atoms with E-state index in [2.05, 4.69) is 17.1 Å². The van der Waals surface area contributed by atoms with Gasteiger partial charge in [0.2, 0.25) is 0 Å². The number of esters is 1. The van der Waals surface area contributed by atoms with E-state index in [0.717, 1.165) is 16.3 Å². The van der Waals surface area contributed by atoms with Crippen molar-refractivity contribution < 1.29 is 9.53 Å². The van der Waals surface area contributed by atoms with E-state index < -0.39 is 5.97 Å². The third-order valence-electron chi connectivity index (χ3n) is 5.39. The summed E-state index contributed by atoms with van der Waals surface area (Å²) in [6.07, 6.45) is 0. The van der Waals surface area contributed by atoms with Crippen molar-refractivity contribution in [2.75, 3.05) is 25.6 Å². The highest BCUT2D eigenvalue weighted by molar-refractivity contribution is 7.98. The lowest BCUT2D eigenvalue weighted by Crippen LogP contribution is -2.28. The average molecular weight is 546 g/mol. The van der Waals surface area contributed by atoms with Gasteiger partial charge in [-0.05, 0) is 17.7 Å². The lowest BCUT2D eigenvalue weighted by molar-refractivity contribution is -0.138. The summed E-state index contributed by atoms with van der Waals surface area (Å²) in [5.41, 5.74) is 3.52. The Morgan fingerprint density at radius 2 is 1.76 bits per heavy atom. The number of aromatic nitrogens is 2. The van der Waals surface area contributed by atoms with E-state index in [4.69, 9.17) is 21.3 Å². The maximum absolute atomic E-state index is 12.0. The van der Waals surface area contributed by atoms with Gasteiger partial charge in [-0.25, -0.2) is 9.97 Å². The number of methoxy groups -OCH3 is 1. The Balaban J connectivity index is 1.74. The Bertz CT molecular complexity index is 1510. The molecule has 0 atom stereocenters. The molecule has 0 N–H and O–H groups in total. The number of ether oxygens (including phenoxy) is 1. The molecule has 2 aromatic heterocycles. The number of benzene rings is 2. The normalized spacial score (nSPS) is 10.4. The van der Waals surface area contributed by atoms with E-state index in [0.29, 0.717) is 38.3 Å². The maximum Gasteiger partial charge on any atom is 0.325 e. The molecule has 0 aliphatic rings. The quantitative estimate of drug-likeness (QED) is 0.191. The van der Waals surface area contributed by atoms with E-state index in [1.54, 1.807) is 11.9 Å². The highest BCUT2D eigenvalue weighted by Crippen LogP contribution is 2.38. The second-order valence-corrected chi connectivity index (χ2v) is 10.1. The van der Waals surface area contributed by atoms with Crippen molar-refractivity contribution in [3.63, 3.8) is 0 Å². The van der Waals surface area contributed by atoms with Crippen LogP contribution in [0.2, 0.25) is 5.02 Å². The fourth-order valence-corrected chi connectivity index (χ4v) is 5.54.